The molecule has 2 heterocycles. The first-order valence-corrected chi connectivity index (χ1v) is 6.79. The largest absolute Gasteiger partial charge is 0.434 e. The Balaban J connectivity index is 0.00000288. The van der Waals surface area contributed by atoms with Crippen LogP contribution in [-0.4, -0.2) is 9.97 Å². The molecule has 0 aliphatic heterocycles. The van der Waals surface area contributed by atoms with Crippen molar-refractivity contribution in [1.29, 1.82) is 0 Å². The molecule has 0 aliphatic carbocycles. The van der Waals surface area contributed by atoms with E-state index in [1.807, 2.05) is 0 Å². The Labute approximate surface area is 149 Å². The molecule has 3 nitrogen and oxygen atoms in total. The van der Waals surface area contributed by atoms with Crippen LogP contribution >= 0.6 is 35.6 Å². The third-order valence-electron chi connectivity index (χ3n) is 2.91. The van der Waals surface area contributed by atoms with Gasteiger partial charge in [0.05, 0.1) is 21.8 Å². The summed E-state index contributed by atoms with van der Waals surface area (Å²) in [6.45, 7) is 0. The summed E-state index contributed by atoms with van der Waals surface area (Å²) in [5.74, 6) is 0. The average Bonchev–Trinajstić information content (AvgIpc) is 2.45. The first-order valence-electron chi connectivity index (χ1n) is 6.04. The van der Waals surface area contributed by atoms with Crippen molar-refractivity contribution in [3.8, 4) is 0 Å². The van der Waals surface area contributed by atoms with E-state index in [2.05, 4.69) is 9.97 Å². The number of hydrogen-bond donors (Lipinski definition) is 1. The predicted octanol–water partition coefficient (Wildman–Crippen LogP) is 5.21. The quantitative estimate of drug-likeness (QED) is 0.709. The molecular weight excluding hydrogens is 400 g/mol. The molecule has 0 aromatic carbocycles. The van der Waals surface area contributed by atoms with Crippen molar-refractivity contribution >= 4 is 35.6 Å². The van der Waals surface area contributed by atoms with Gasteiger partial charge in [-0.1, -0.05) is 23.2 Å². The van der Waals surface area contributed by atoms with E-state index in [0.29, 0.717) is 0 Å². The first-order chi connectivity index (χ1) is 10.6. The molecule has 0 saturated heterocycles. The maximum atomic E-state index is 12.8. The second-order valence-electron chi connectivity index (χ2n) is 4.48. The van der Waals surface area contributed by atoms with Gasteiger partial charge in [-0.2, -0.15) is 13.2 Å². The van der Waals surface area contributed by atoms with Gasteiger partial charge < -0.3 is 5.73 Å². The first kappa shape index (κ1) is 20.8. The lowest BCUT2D eigenvalue weighted by Crippen LogP contribution is -2.16. The van der Waals surface area contributed by atoms with E-state index in [-0.39, 0.29) is 28.7 Å². The van der Waals surface area contributed by atoms with Gasteiger partial charge in [0.15, 0.2) is 5.69 Å². The molecule has 0 bridgehead atoms. The Morgan fingerprint density at radius 2 is 1.71 bits per heavy atom. The summed E-state index contributed by atoms with van der Waals surface area (Å²) in [5.41, 5.74) is 4.01. The number of hydrogen-bond acceptors (Lipinski definition) is 3. The SMILES string of the molecule is Cl.NC(c1cnc(C(F)(F)F)c(Cl)c1)c1ccc(Cl)c(C(F)F)n1. The van der Waals surface area contributed by atoms with Gasteiger partial charge in [-0.3, -0.25) is 0 Å². The molecule has 2 N–H and O–H groups in total. The molecular formula is C13H9Cl3F5N3. The van der Waals surface area contributed by atoms with Crippen molar-refractivity contribution in [2.45, 2.75) is 18.6 Å². The molecule has 2 aromatic rings. The summed E-state index contributed by atoms with van der Waals surface area (Å²) in [6.07, 6.45) is -6.75. The minimum Gasteiger partial charge on any atom is -0.319 e. The number of aromatic nitrogens is 2. The summed E-state index contributed by atoms with van der Waals surface area (Å²) in [7, 11) is 0. The highest BCUT2D eigenvalue weighted by Crippen LogP contribution is 2.34. The van der Waals surface area contributed by atoms with E-state index >= 15 is 0 Å². The lowest BCUT2D eigenvalue weighted by molar-refractivity contribution is -0.141. The highest BCUT2D eigenvalue weighted by Gasteiger charge is 2.35. The zero-order valence-electron chi connectivity index (χ0n) is 11.5. The maximum absolute atomic E-state index is 12.8. The van der Waals surface area contributed by atoms with Gasteiger partial charge in [0.25, 0.3) is 6.43 Å². The van der Waals surface area contributed by atoms with E-state index < -0.39 is 35.1 Å². The predicted molar refractivity (Wildman–Crippen MR) is 81.7 cm³/mol. The summed E-state index contributed by atoms with van der Waals surface area (Å²) >= 11 is 11.1. The molecule has 11 heteroatoms. The maximum Gasteiger partial charge on any atom is 0.434 e. The molecule has 0 fully saturated rings. The van der Waals surface area contributed by atoms with Crippen LogP contribution in [0.3, 0.4) is 0 Å². The molecule has 0 spiro atoms. The molecule has 0 saturated carbocycles. The Morgan fingerprint density at radius 3 is 2.21 bits per heavy atom. The normalized spacial score (nSPS) is 12.9. The third-order valence-corrected chi connectivity index (χ3v) is 3.52. The Morgan fingerprint density at radius 1 is 1.08 bits per heavy atom. The van der Waals surface area contributed by atoms with E-state index in [9.17, 15) is 22.0 Å². The van der Waals surface area contributed by atoms with E-state index in [1.54, 1.807) is 0 Å². The third kappa shape index (κ3) is 4.44. The van der Waals surface area contributed by atoms with Crippen molar-refractivity contribution in [3.63, 3.8) is 0 Å². The minimum atomic E-state index is -4.71. The topological polar surface area (TPSA) is 51.8 Å². The zero-order valence-corrected chi connectivity index (χ0v) is 13.8. The lowest BCUT2D eigenvalue weighted by Gasteiger charge is -2.15. The molecule has 132 valence electrons. The number of pyridine rings is 2. The summed E-state index contributed by atoms with van der Waals surface area (Å²) in [4.78, 5) is 6.88. The van der Waals surface area contributed by atoms with Gasteiger partial charge in [-0.15, -0.1) is 12.4 Å². The molecule has 24 heavy (non-hydrogen) atoms. The second-order valence-corrected chi connectivity index (χ2v) is 5.29. The van der Waals surface area contributed by atoms with E-state index in [0.717, 1.165) is 12.3 Å². The highest BCUT2D eigenvalue weighted by molar-refractivity contribution is 6.31. The number of nitrogens with two attached hydrogens (primary N) is 1. The standard InChI is InChI=1S/C13H8Cl2F5N3.ClH/c14-6-1-2-8(23-10(6)12(16)17)9(21)5-3-7(15)11(22-4-5)13(18,19)20;/h1-4,9,12H,21H2;1H. The molecule has 0 radical (unpaired) electrons. The van der Waals surface area contributed by atoms with Crippen LogP contribution in [-0.2, 0) is 6.18 Å². The second kappa shape index (κ2) is 7.77. The summed E-state index contributed by atoms with van der Waals surface area (Å²) < 4.78 is 63.4. The fourth-order valence-corrected chi connectivity index (χ4v) is 2.27. The van der Waals surface area contributed by atoms with Crippen LogP contribution in [0, 0.1) is 0 Å². The number of halogens is 8. The van der Waals surface area contributed by atoms with Crippen LogP contribution in [0.5, 0.6) is 0 Å². The molecule has 1 unspecified atom stereocenters. The van der Waals surface area contributed by atoms with Crippen molar-refractivity contribution in [2.75, 3.05) is 0 Å². The number of nitrogens with zero attached hydrogens (tertiary/aromatic N) is 2. The molecule has 0 aliphatic rings. The van der Waals surface area contributed by atoms with Crippen molar-refractivity contribution in [2.24, 2.45) is 5.73 Å². The zero-order chi connectivity index (χ0) is 17.4. The molecule has 2 aromatic heterocycles. The van der Waals surface area contributed by atoms with Crippen LogP contribution in [0.15, 0.2) is 24.4 Å². The van der Waals surface area contributed by atoms with Gasteiger partial charge in [-0.25, -0.2) is 18.7 Å². The van der Waals surface area contributed by atoms with Gasteiger partial charge in [0.2, 0.25) is 0 Å². The van der Waals surface area contributed by atoms with Crippen LogP contribution in [0.4, 0.5) is 22.0 Å². The van der Waals surface area contributed by atoms with Gasteiger partial charge in [-0.05, 0) is 23.8 Å². The van der Waals surface area contributed by atoms with E-state index in [1.165, 1.54) is 12.1 Å². The van der Waals surface area contributed by atoms with Crippen molar-refractivity contribution < 1.29 is 22.0 Å². The molecule has 2 rings (SSSR count). The van der Waals surface area contributed by atoms with Gasteiger partial charge in [0, 0.05) is 6.20 Å². The van der Waals surface area contributed by atoms with Crippen LogP contribution < -0.4 is 5.73 Å². The Kier molecular flexibility index (Phi) is 6.75. The van der Waals surface area contributed by atoms with Gasteiger partial charge in [0.1, 0.15) is 5.69 Å². The molecule has 0 amide bonds. The highest BCUT2D eigenvalue weighted by atomic mass is 35.5. The Bertz CT molecular complexity index is 724. The summed E-state index contributed by atoms with van der Waals surface area (Å²) in [5, 5.41) is -0.881. The fourth-order valence-electron chi connectivity index (χ4n) is 1.80. The lowest BCUT2D eigenvalue weighted by atomic mass is 10.1. The van der Waals surface area contributed by atoms with Crippen LogP contribution in [0.25, 0.3) is 0 Å². The van der Waals surface area contributed by atoms with Crippen molar-refractivity contribution in [3.05, 3.63) is 57.1 Å². The van der Waals surface area contributed by atoms with E-state index in [4.69, 9.17) is 28.9 Å². The van der Waals surface area contributed by atoms with Crippen molar-refractivity contribution in [1.82, 2.24) is 9.97 Å². The smallest absolute Gasteiger partial charge is 0.319 e. The Hall–Kier alpha value is -1.22. The van der Waals surface area contributed by atoms with Crippen LogP contribution in [0.1, 0.15) is 35.1 Å². The number of alkyl halides is 5. The average molecular weight is 409 g/mol. The van der Waals surface area contributed by atoms with Gasteiger partial charge >= 0.3 is 6.18 Å². The molecule has 1 atom stereocenters. The monoisotopic (exact) mass is 407 g/mol. The number of rotatable bonds is 3. The fraction of sp³-hybridized carbons (Fsp3) is 0.231. The minimum absolute atomic E-state index is 0. The van der Waals surface area contributed by atoms with Crippen LogP contribution in [0.2, 0.25) is 10.0 Å². The summed E-state index contributed by atoms with van der Waals surface area (Å²) in [6, 6.07) is 2.37.